The highest BCUT2D eigenvalue weighted by Gasteiger charge is 2.20. The Labute approximate surface area is 104 Å². The van der Waals surface area contributed by atoms with Crippen LogP contribution in [0.1, 0.15) is 49.9 Å². The summed E-state index contributed by atoms with van der Waals surface area (Å²) in [5, 5.41) is 8.00. The molecule has 3 heteroatoms. The van der Waals surface area contributed by atoms with Crippen molar-refractivity contribution in [2.24, 2.45) is 7.05 Å². The first-order valence-corrected chi connectivity index (χ1v) is 6.64. The Morgan fingerprint density at radius 2 is 2.29 bits per heavy atom. The molecule has 1 unspecified atom stereocenters. The first-order chi connectivity index (χ1) is 8.26. The Morgan fingerprint density at radius 1 is 1.47 bits per heavy atom. The molecule has 0 bridgehead atoms. The van der Waals surface area contributed by atoms with Crippen molar-refractivity contribution >= 4 is 0 Å². The van der Waals surface area contributed by atoms with Crippen molar-refractivity contribution in [2.45, 2.75) is 45.1 Å². The van der Waals surface area contributed by atoms with Crippen molar-refractivity contribution in [1.29, 1.82) is 0 Å². The Morgan fingerprint density at radius 3 is 2.88 bits per heavy atom. The van der Waals surface area contributed by atoms with Gasteiger partial charge in [0, 0.05) is 18.8 Å². The zero-order chi connectivity index (χ0) is 12.3. The number of hydrogen-bond acceptors (Lipinski definition) is 2. The predicted octanol–water partition coefficient (Wildman–Crippen LogP) is 2.74. The molecule has 0 saturated carbocycles. The molecule has 1 aliphatic rings. The summed E-state index contributed by atoms with van der Waals surface area (Å²) in [7, 11) is 4.05. The highest BCUT2D eigenvalue weighted by Crippen LogP contribution is 2.31. The zero-order valence-electron chi connectivity index (χ0n) is 11.2. The van der Waals surface area contributed by atoms with E-state index in [9.17, 15) is 0 Å². The number of rotatable bonds is 4. The number of aryl methyl sites for hydroxylation is 2. The smallest absolute Gasteiger partial charge is 0.0672 e. The summed E-state index contributed by atoms with van der Waals surface area (Å²) in [4.78, 5) is 0. The van der Waals surface area contributed by atoms with E-state index in [0.29, 0.717) is 6.04 Å². The summed E-state index contributed by atoms with van der Waals surface area (Å²) in [6, 6.07) is 0.360. The first-order valence-electron chi connectivity index (χ1n) is 6.64. The van der Waals surface area contributed by atoms with E-state index in [1.807, 2.05) is 18.8 Å². The van der Waals surface area contributed by atoms with Crippen molar-refractivity contribution in [2.75, 3.05) is 7.05 Å². The van der Waals surface area contributed by atoms with Gasteiger partial charge in [-0.15, -0.1) is 0 Å². The Bertz CT molecular complexity index is 404. The first kappa shape index (κ1) is 12.4. The Kier molecular flexibility index (Phi) is 4.00. The van der Waals surface area contributed by atoms with Crippen LogP contribution in [0.15, 0.2) is 17.8 Å². The van der Waals surface area contributed by atoms with Crippen LogP contribution in [0, 0.1) is 0 Å². The monoisotopic (exact) mass is 233 g/mol. The van der Waals surface area contributed by atoms with Crippen LogP contribution >= 0.6 is 0 Å². The molecule has 1 aromatic heterocycles. The molecule has 0 aromatic carbocycles. The molecule has 2 rings (SSSR count). The molecule has 1 N–H and O–H groups in total. The van der Waals surface area contributed by atoms with Crippen LogP contribution in [0.3, 0.4) is 0 Å². The zero-order valence-corrected chi connectivity index (χ0v) is 11.2. The van der Waals surface area contributed by atoms with E-state index in [4.69, 9.17) is 0 Å². The third-order valence-corrected chi connectivity index (χ3v) is 3.57. The summed E-state index contributed by atoms with van der Waals surface area (Å²) in [6.07, 6.45) is 10.7. The topological polar surface area (TPSA) is 29.9 Å². The molecule has 0 spiro atoms. The van der Waals surface area contributed by atoms with Crippen LogP contribution in [0.25, 0.3) is 0 Å². The fourth-order valence-electron chi connectivity index (χ4n) is 2.73. The Hall–Kier alpha value is -1.09. The largest absolute Gasteiger partial charge is 0.309 e. The van der Waals surface area contributed by atoms with Crippen LogP contribution < -0.4 is 5.32 Å². The quantitative estimate of drug-likeness (QED) is 0.810. The Balaban J connectivity index is 2.30. The van der Waals surface area contributed by atoms with Gasteiger partial charge in [0.05, 0.1) is 11.7 Å². The molecular weight excluding hydrogens is 210 g/mol. The maximum Gasteiger partial charge on any atom is 0.0672 e. The van der Waals surface area contributed by atoms with Gasteiger partial charge in [0.2, 0.25) is 0 Å². The van der Waals surface area contributed by atoms with Crippen molar-refractivity contribution in [3.8, 4) is 0 Å². The van der Waals surface area contributed by atoms with Crippen LogP contribution in [-0.2, 0) is 13.5 Å². The molecule has 0 fully saturated rings. The normalized spacial score (nSPS) is 17.9. The lowest BCUT2D eigenvalue weighted by Gasteiger charge is -2.22. The van der Waals surface area contributed by atoms with Crippen LogP contribution in [-0.4, -0.2) is 16.8 Å². The van der Waals surface area contributed by atoms with Crippen LogP contribution in [0.4, 0.5) is 0 Å². The van der Waals surface area contributed by atoms with E-state index in [1.165, 1.54) is 36.9 Å². The lowest BCUT2D eigenvalue weighted by molar-refractivity contribution is 0.590. The number of likely N-dealkylation sites (N-methyl/N-ethyl adjacent to an activating group) is 1. The minimum Gasteiger partial charge on any atom is -0.309 e. The summed E-state index contributed by atoms with van der Waals surface area (Å²) in [5.74, 6) is 0. The van der Waals surface area contributed by atoms with Gasteiger partial charge in [-0.25, -0.2) is 0 Å². The second-order valence-corrected chi connectivity index (χ2v) is 4.80. The summed E-state index contributed by atoms with van der Waals surface area (Å²) < 4.78 is 1.93. The van der Waals surface area contributed by atoms with E-state index < -0.39 is 0 Å². The second-order valence-electron chi connectivity index (χ2n) is 4.80. The molecule has 1 aliphatic carbocycles. The van der Waals surface area contributed by atoms with E-state index in [1.54, 1.807) is 5.57 Å². The standard InChI is InChI=1S/C14H23N3/c1-4-13-12(10-17(3)16-13)14(15-2)11-8-6-5-7-9-11/h8,10,14-15H,4-7,9H2,1-3H3. The van der Waals surface area contributed by atoms with Crippen LogP contribution in [0.2, 0.25) is 0 Å². The second kappa shape index (κ2) is 5.50. The van der Waals surface area contributed by atoms with Gasteiger partial charge in [-0.2, -0.15) is 5.10 Å². The average molecular weight is 233 g/mol. The van der Waals surface area contributed by atoms with Crippen LogP contribution in [0.5, 0.6) is 0 Å². The molecule has 1 atom stereocenters. The molecule has 0 saturated heterocycles. The fraction of sp³-hybridized carbons (Fsp3) is 0.643. The van der Waals surface area contributed by atoms with Gasteiger partial charge in [0.15, 0.2) is 0 Å². The highest BCUT2D eigenvalue weighted by atomic mass is 15.3. The van der Waals surface area contributed by atoms with E-state index in [-0.39, 0.29) is 0 Å². The molecule has 94 valence electrons. The molecule has 1 heterocycles. The third kappa shape index (κ3) is 2.60. The van der Waals surface area contributed by atoms with E-state index in [0.717, 1.165) is 6.42 Å². The number of aromatic nitrogens is 2. The highest BCUT2D eigenvalue weighted by molar-refractivity contribution is 5.30. The number of nitrogens with one attached hydrogen (secondary N) is 1. The van der Waals surface area contributed by atoms with Crippen molar-refractivity contribution in [3.63, 3.8) is 0 Å². The molecule has 0 amide bonds. The summed E-state index contributed by atoms with van der Waals surface area (Å²) in [5.41, 5.74) is 4.12. The van der Waals surface area contributed by atoms with Crippen molar-refractivity contribution in [1.82, 2.24) is 15.1 Å². The molecule has 0 radical (unpaired) electrons. The maximum absolute atomic E-state index is 4.54. The number of allylic oxidation sites excluding steroid dienone is 1. The lowest BCUT2D eigenvalue weighted by atomic mass is 9.90. The molecule has 0 aliphatic heterocycles. The van der Waals surface area contributed by atoms with Crippen molar-refractivity contribution in [3.05, 3.63) is 29.1 Å². The van der Waals surface area contributed by atoms with E-state index in [2.05, 4.69) is 29.6 Å². The van der Waals surface area contributed by atoms with Gasteiger partial charge in [0.25, 0.3) is 0 Å². The van der Waals surface area contributed by atoms with Crippen molar-refractivity contribution < 1.29 is 0 Å². The summed E-state index contributed by atoms with van der Waals surface area (Å²) in [6.45, 7) is 2.17. The molecule has 17 heavy (non-hydrogen) atoms. The molecular formula is C14H23N3. The average Bonchev–Trinajstić information content (AvgIpc) is 2.73. The van der Waals surface area contributed by atoms with Gasteiger partial charge >= 0.3 is 0 Å². The van der Waals surface area contributed by atoms with Gasteiger partial charge in [-0.05, 0) is 39.2 Å². The predicted molar refractivity (Wildman–Crippen MR) is 70.9 cm³/mol. The SMILES string of the molecule is CCc1nn(C)cc1C(NC)C1=CCCCC1. The minimum absolute atomic E-state index is 0.360. The van der Waals surface area contributed by atoms with E-state index >= 15 is 0 Å². The fourth-order valence-corrected chi connectivity index (χ4v) is 2.73. The molecule has 1 aromatic rings. The van der Waals surface area contributed by atoms with Gasteiger partial charge in [0.1, 0.15) is 0 Å². The van der Waals surface area contributed by atoms with Gasteiger partial charge in [-0.3, -0.25) is 4.68 Å². The third-order valence-electron chi connectivity index (χ3n) is 3.57. The minimum atomic E-state index is 0.360. The number of nitrogens with zero attached hydrogens (tertiary/aromatic N) is 2. The molecule has 3 nitrogen and oxygen atoms in total. The lowest BCUT2D eigenvalue weighted by Crippen LogP contribution is -2.20. The van der Waals surface area contributed by atoms with Gasteiger partial charge < -0.3 is 5.32 Å². The number of hydrogen-bond donors (Lipinski definition) is 1. The maximum atomic E-state index is 4.54. The summed E-state index contributed by atoms with van der Waals surface area (Å²) >= 11 is 0. The van der Waals surface area contributed by atoms with Gasteiger partial charge in [-0.1, -0.05) is 18.6 Å².